The van der Waals surface area contributed by atoms with Gasteiger partial charge in [-0.25, -0.2) is 4.98 Å². The van der Waals surface area contributed by atoms with Gasteiger partial charge in [-0.15, -0.1) is 0 Å². The third kappa shape index (κ3) is 2.79. The second-order valence-electron chi connectivity index (χ2n) is 6.50. The Morgan fingerprint density at radius 2 is 1.75 bits per heavy atom. The summed E-state index contributed by atoms with van der Waals surface area (Å²) in [5.41, 5.74) is 2.95. The van der Waals surface area contributed by atoms with E-state index in [0.717, 1.165) is 27.7 Å². The van der Waals surface area contributed by atoms with Crippen LogP contribution in [0, 0.1) is 0 Å². The van der Waals surface area contributed by atoms with Gasteiger partial charge in [-0.2, -0.15) is 0 Å². The predicted molar refractivity (Wildman–Crippen MR) is 110 cm³/mol. The fourth-order valence-electron chi connectivity index (χ4n) is 3.33. The molecule has 28 heavy (non-hydrogen) atoms. The average Bonchev–Trinajstić information content (AvgIpc) is 3.12. The van der Waals surface area contributed by atoms with Crippen molar-refractivity contribution in [2.45, 2.75) is 0 Å². The topological polar surface area (TPSA) is 59.3 Å². The SMILES string of the molecule is O=C(Nc1c(-c2ccc3ccccc3c2)nc2ccccn12)c1cccnc1. The van der Waals surface area contributed by atoms with E-state index in [2.05, 4.69) is 34.6 Å². The summed E-state index contributed by atoms with van der Waals surface area (Å²) in [6, 6.07) is 23.6. The number of nitrogens with one attached hydrogen (secondary N) is 1. The summed E-state index contributed by atoms with van der Waals surface area (Å²) in [6.45, 7) is 0. The number of anilines is 1. The zero-order chi connectivity index (χ0) is 18.9. The van der Waals surface area contributed by atoms with Gasteiger partial charge in [-0.05, 0) is 41.1 Å². The molecule has 0 aliphatic rings. The third-order valence-electron chi connectivity index (χ3n) is 4.71. The molecule has 0 aliphatic heterocycles. The van der Waals surface area contributed by atoms with Crippen LogP contribution in [-0.4, -0.2) is 20.3 Å². The Morgan fingerprint density at radius 1 is 0.893 bits per heavy atom. The molecular formula is C23H16N4O. The fraction of sp³-hybridized carbons (Fsp3) is 0. The number of imidazole rings is 1. The van der Waals surface area contributed by atoms with Crippen molar-refractivity contribution in [3.8, 4) is 11.3 Å². The van der Waals surface area contributed by atoms with Crippen LogP contribution in [-0.2, 0) is 0 Å². The summed E-state index contributed by atoms with van der Waals surface area (Å²) in [5, 5.41) is 5.31. The summed E-state index contributed by atoms with van der Waals surface area (Å²) in [6.07, 6.45) is 5.09. The minimum absolute atomic E-state index is 0.221. The molecule has 2 aromatic carbocycles. The molecule has 0 bridgehead atoms. The van der Waals surface area contributed by atoms with Crippen LogP contribution in [0.4, 0.5) is 5.82 Å². The smallest absolute Gasteiger partial charge is 0.258 e. The zero-order valence-corrected chi connectivity index (χ0v) is 14.9. The zero-order valence-electron chi connectivity index (χ0n) is 14.9. The highest BCUT2D eigenvalue weighted by Crippen LogP contribution is 2.31. The number of pyridine rings is 2. The van der Waals surface area contributed by atoms with Gasteiger partial charge in [0.1, 0.15) is 17.2 Å². The Kier molecular flexibility index (Phi) is 3.84. The predicted octanol–water partition coefficient (Wildman–Crippen LogP) is 4.80. The Bertz CT molecular complexity index is 1310. The van der Waals surface area contributed by atoms with Gasteiger partial charge >= 0.3 is 0 Å². The van der Waals surface area contributed by atoms with Gasteiger partial charge < -0.3 is 5.32 Å². The number of nitrogens with zero attached hydrogens (tertiary/aromatic N) is 3. The first-order chi connectivity index (χ1) is 13.8. The molecule has 0 fully saturated rings. The largest absolute Gasteiger partial charge is 0.306 e. The van der Waals surface area contributed by atoms with Crippen molar-refractivity contribution in [1.29, 1.82) is 0 Å². The summed E-state index contributed by atoms with van der Waals surface area (Å²) >= 11 is 0. The summed E-state index contributed by atoms with van der Waals surface area (Å²) < 4.78 is 1.89. The molecule has 1 amide bonds. The second-order valence-corrected chi connectivity index (χ2v) is 6.50. The molecule has 0 saturated carbocycles. The summed E-state index contributed by atoms with van der Waals surface area (Å²) in [7, 11) is 0. The van der Waals surface area contributed by atoms with Crippen LogP contribution in [0.2, 0.25) is 0 Å². The van der Waals surface area contributed by atoms with Gasteiger partial charge in [0.25, 0.3) is 5.91 Å². The van der Waals surface area contributed by atoms with Gasteiger partial charge in [-0.3, -0.25) is 14.2 Å². The number of hydrogen-bond acceptors (Lipinski definition) is 3. The number of fused-ring (bicyclic) bond motifs is 2. The van der Waals surface area contributed by atoms with Crippen molar-refractivity contribution >= 4 is 28.1 Å². The molecule has 5 rings (SSSR count). The van der Waals surface area contributed by atoms with Crippen LogP contribution in [0.1, 0.15) is 10.4 Å². The number of aromatic nitrogens is 3. The molecule has 5 nitrogen and oxygen atoms in total. The van der Waals surface area contributed by atoms with Crippen molar-refractivity contribution < 1.29 is 4.79 Å². The van der Waals surface area contributed by atoms with Crippen LogP contribution in [0.5, 0.6) is 0 Å². The maximum absolute atomic E-state index is 12.8. The fourth-order valence-corrected chi connectivity index (χ4v) is 3.33. The number of rotatable bonds is 3. The van der Waals surface area contributed by atoms with Gasteiger partial charge in [0.15, 0.2) is 0 Å². The molecular weight excluding hydrogens is 348 g/mol. The molecule has 0 saturated heterocycles. The minimum atomic E-state index is -0.221. The molecule has 0 aliphatic carbocycles. The van der Waals surface area contributed by atoms with E-state index in [9.17, 15) is 4.79 Å². The lowest BCUT2D eigenvalue weighted by Gasteiger charge is -2.08. The molecule has 0 radical (unpaired) electrons. The molecule has 3 aromatic heterocycles. The first-order valence-corrected chi connectivity index (χ1v) is 8.97. The lowest BCUT2D eigenvalue weighted by atomic mass is 10.1. The Balaban J connectivity index is 1.66. The molecule has 5 aromatic rings. The highest BCUT2D eigenvalue weighted by Gasteiger charge is 2.17. The molecule has 1 N–H and O–H groups in total. The second kappa shape index (κ2) is 6.63. The molecule has 5 heteroatoms. The lowest BCUT2D eigenvalue weighted by Crippen LogP contribution is -2.14. The number of hydrogen-bond donors (Lipinski definition) is 1. The molecule has 0 atom stereocenters. The van der Waals surface area contributed by atoms with Crippen LogP contribution in [0.3, 0.4) is 0 Å². The Labute approximate surface area is 161 Å². The Hall–Kier alpha value is -3.99. The van der Waals surface area contributed by atoms with Crippen molar-refractivity contribution in [3.63, 3.8) is 0 Å². The molecule has 3 heterocycles. The quantitative estimate of drug-likeness (QED) is 0.500. The first-order valence-electron chi connectivity index (χ1n) is 8.97. The van der Waals surface area contributed by atoms with E-state index in [0.29, 0.717) is 11.4 Å². The number of carbonyl (C=O) groups excluding carboxylic acids is 1. The maximum Gasteiger partial charge on any atom is 0.258 e. The Morgan fingerprint density at radius 3 is 2.61 bits per heavy atom. The van der Waals surface area contributed by atoms with Crippen LogP contribution in [0.15, 0.2) is 91.4 Å². The van der Waals surface area contributed by atoms with Crippen molar-refractivity contribution in [1.82, 2.24) is 14.4 Å². The number of benzene rings is 2. The van der Waals surface area contributed by atoms with Gasteiger partial charge in [0, 0.05) is 24.2 Å². The van der Waals surface area contributed by atoms with E-state index in [-0.39, 0.29) is 5.91 Å². The van der Waals surface area contributed by atoms with E-state index in [1.165, 1.54) is 0 Å². The maximum atomic E-state index is 12.8. The van der Waals surface area contributed by atoms with Crippen molar-refractivity contribution in [3.05, 3.63) is 97.0 Å². The van der Waals surface area contributed by atoms with Crippen molar-refractivity contribution in [2.24, 2.45) is 0 Å². The van der Waals surface area contributed by atoms with Crippen LogP contribution < -0.4 is 5.32 Å². The van der Waals surface area contributed by atoms with E-state index in [1.54, 1.807) is 24.5 Å². The van der Waals surface area contributed by atoms with Crippen LogP contribution >= 0.6 is 0 Å². The third-order valence-corrected chi connectivity index (χ3v) is 4.71. The number of carbonyl (C=O) groups is 1. The van der Waals surface area contributed by atoms with Crippen LogP contribution in [0.25, 0.3) is 27.7 Å². The van der Waals surface area contributed by atoms with Crippen molar-refractivity contribution in [2.75, 3.05) is 5.32 Å². The average molecular weight is 364 g/mol. The normalized spacial score (nSPS) is 11.0. The lowest BCUT2D eigenvalue weighted by molar-refractivity contribution is 0.102. The summed E-state index contributed by atoms with van der Waals surface area (Å²) in [4.78, 5) is 21.6. The molecule has 0 unspecified atom stereocenters. The van der Waals surface area contributed by atoms with Gasteiger partial charge in [-0.1, -0.05) is 42.5 Å². The van der Waals surface area contributed by atoms with E-state index in [1.807, 2.05) is 47.0 Å². The monoisotopic (exact) mass is 364 g/mol. The standard InChI is InChI=1S/C23H16N4O/c28-23(19-8-5-12-24-15-19)26-22-21(25-20-9-3-4-13-27(20)22)18-11-10-16-6-1-2-7-17(16)14-18/h1-15H,(H,26,28). The molecule has 134 valence electrons. The molecule has 0 spiro atoms. The highest BCUT2D eigenvalue weighted by atomic mass is 16.1. The van der Waals surface area contributed by atoms with Gasteiger partial charge in [0.2, 0.25) is 0 Å². The summed E-state index contributed by atoms with van der Waals surface area (Å²) in [5.74, 6) is 0.417. The van der Waals surface area contributed by atoms with Gasteiger partial charge in [0.05, 0.1) is 5.56 Å². The highest BCUT2D eigenvalue weighted by molar-refractivity contribution is 6.05. The van der Waals surface area contributed by atoms with E-state index < -0.39 is 0 Å². The first kappa shape index (κ1) is 16.2. The minimum Gasteiger partial charge on any atom is -0.306 e. The van der Waals surface area contributed by atoms with E-state index >= 15 is 0 Å². The number of amides is 1. The van der Waals surface area contributed by atoms with E-state index in [4.69, 9.17) is 4.98 Å².